The summed E-state index contributed by atoms with van der Waals surface area (Å²) in [5.74, 6) is 0.115. The number of ether oxygens (including phenoxy) is 1. The van der Waals surface area contributed by atoms with Crippen molar-refractivity contribution >= 4 is 11.7 Å². The van der Waals surface area contributed by atoms with Gasteiger partial charge in [0.25, 0.3) is 0 Å². The Hall–Kier alpha value is -2.30. The topological polar surface area (TPSA) is 47.4 Å². The zero-order valence-electron chi connectivity index (χ0n) is 13.7. The fraction of sp³-hybridized carbons (Fsp3) is 0.444. The summed E-state index contributed by atoms with van der Waals surface area (Å²) in [6, 6.07) is 12.2. The van der Waals surface area contributed by atoms with Crippen LogP contribution in [0.25, 0.3) is 0 Å². The van der Waals surface area contributed by atoms with Crippen molar-refractivity contribution in [2.24, 2.45) is 5.92 Å². The molecule has 1 atom stereocenters. The summed E-state index contributed by atoms with van der Waals surface area (Å²) in [6.45, 7) is 6.94. The molecule has 0 saturated carbocycles. The van der Waals surface area contributed by atoms with Gasteiger partial charge in [-0.25, -0.2) is 4.79 Å². The molecule has 0 N–H and O–H groups in total. The molecule has 1 aliphatic rings. The first kappa shape index (κ1) is 15.6. The van der Waals surface area contributed by atoms with E-state index in [9.17, 15) is 4.79 Å². The van der Waals surface area contributed by atoms with E-state index in [-0.39, 0.29) is 5.97 Å². The van der Waals surface area contributed by atoms with Gasteiger partial charge in [-0.05, 0) is 38.5 Å². The minimum atomic E-state index is -0.273. The van der Waals surface area contributed by atoms with Crippen molar-refractivity contribution in [1.29, 1.82) is 0 Å². The van der Waals surface area contributed by atoms with Gasteiger partial charge in [-0.2, -0.15) is 5.10 Å². The van der Waals surface area contributed by atoms with E-state index in [0.29, 0.717) is 24.8 Å². The van der Waals surface area contributed by atoms with Crippen LogP contribution in [0.2, 0.25) is 0 Å². The van der Waals surface area contributed by atoms with Crippen LogP contribution in [0.3, 0.4) is 0 Å². The molecule has 5 heteroatoms. The monoisotopic (exact) mass is 313 g/mol. The molecule has 1 fully saturated rings. The van der Waals surface area contributed by atoms with Crippen LogP contribution in [0.5, 0.6) is 0 Å². The normalized spacial score (nSPS) is 17.5. The molecule has 0 spiro atoms. The number of aromatic nitrogens is 2. The van der Waals surface area contributed by atoms with Crippen molar-refractivity contribution in [3.63, 3.8) is 0 Å². The molecule has 1 unspecified atom stereocenters. The molecule has 2 aromatic rings. The summed E-state index contributed by atoms with van der Waals surface area (Å²) in [5, 5.41) is 4.29. The van der Waals surface area contributed by atoms with E-state index >= 15 is 0 Å². The van der Waals surface area contributed by atoms with Gasteiger partial charge in [0, 0.05) is 31.2 Å². The molecule has 0 aliphatic carbocycles. The van der Waals surface area contributed by atoms with Crippen molar-refractivity contribution in [2.75, 3.05) is 24.6 Å². The quantitative estimate of drug-likeness (QED) is 0.796. The highest BCUT2D eigenvalue weighted by atomic mass is 16.5. The van der Waals surface area contributed by atoms with Gasteiger partial charge in [-0.3, -0.25) is 4.68 Å². The van der Waals surface area contributed by atoms with E-state index in [4.69, 9.17) is 4.74 Å². The molecule has 3 rings (SSSR count). The average molecular weight is 313 g/mol. The van der Waals surface area contributed by atoms with Crippen LogP contribution in [0.1, 0.15) is 29.5 Å². The summed E-state index contributed by atoms with van der Waals surface area (Å²) in [5.41, 5.74) is 2.62. The van der Waals surface area contributed by atoms with Gasteiger partial charge in [0.1, 0.15) is 5.69 Å². The molecular weight excluding hydrogens is 290 g/mol. The third kappa shape index (κ3) is 3.55. The van der Waals surface area contributed by atoms with E-state index in [0.717, 1.165) is 25.2 Å². The van der Waals surface area contributed by atoms with Crippen molar-refractivity contribution in [3.05, 3.63) is 47.8 Å². The van der Waals surface area contributed by atoms with Gasteiger partial charge in [-0.15, -0.1) is 0 Å². The molecule has 122 valence electrons. The summed E-state index contributed by atoms with van der Waals surface area (Å²) in [6.07, 6.45) is 1.05. The predicted molar refractivity (Wildman–Crippen MR) is 89.7 cm³/mol. The number of hydrogen-bond donors (Lipinski definition) is 0. The van der Waals surface area contributed by atoms with Crippen molar-refractivity contribution in [2.45, 2.75) is 26.8 Å². The fourth-order valence-electron chi connectivity index (χ4n) is 3.06. The highest BCUT2D eigenvalue weighted by molar-refractivity contribution is 5.87. The van der Waals surface area contributed by atoms with Crippen molar-refractivity contribution < 1.29 is 9.53 Å². The molecular formula is C18H23N3O2. The Morgan fingerprint density at radius 2 is 2.13 bits per heavy atom. The van der Waals surface area contributed by atoms with E-state index in [1.165, 1.54) is 5.69 Å². The fourth-order valence-corrected chi connectivity index (χ4v) is 3.06. The van der Waals surface area contributed by atoms with Gasteiger partial charge in [0.2, 0.25) is 0 Å². The second kappa shape index (κ2) is 6.86. The van der Waals surface area contributed by atoms with Gasteiger partial charge in [0.05, 0.1) is 12.3 Å². The minimum absolute atomic E-state index is 0.273. The van der Waals surface area contributed by atoms with Gasteiger partial charge >= 0.3 is 5.97 Å². The lowest BCUT2D eigenvalue weighted by Gasteiger charge is -2.18. The first-order valence-corrected chi connectivity index (χ1v) is 8.19. The van der Waals surface area contributed by atoms with Crippen LogP contribution in [0.4, 0.5) is 5.69 Å². The number of rotatable bonds is 5. The molecule has 1 aliphatic heterocycles. The van der Waals surface area contributed by atoms with Crippen molar-refractivity contribution in [3.8, 4) is 0 Å². The van der Waals surface area contributed by atoms with Crippen LogP contribution in [-0.4, -0.2) is 35.4 Å². The Kier molecular flexibility index (Phi) is 4.65. The number of anilines is 1. The molecule has 2 heterocycles. The van der Waals surface area contributed by atoms with Gasteiger partial charge < -0.3 is 9.64 Å². The molecule has 1 aromatic heterocycles. The summed E-state index contributed by atoms with van der Waals surface area (Å²) in [4.78, 5) is 14.6. The molecule has 23 heavy (non-hydrogen) atoms. The van der Waals surface area contributed by atoms with E-state index in [1.54, 1.807) is 10.7 Å². The van der Waals surface area contributed by atoms with Crippen LogP contribution >= 0.6 is 0 Å². The SMILES string of the molecule is CCn1nc(C)cc1C(=O)OCC1CCN(c2ccccc2)C1. The Balaban J connectivity index is 1.54. The third-order valence-corrected chi connectivity index (χ3v) is 4.27. The average Bonchev–Trinajstić information content (AvgIpc) is 3.20. The maximum Gasteiger partial charge on any atom is 0.356 e. The Morgan fingerprint density at radius 1 is 1.35 bits per heavy atom. The first-order chi connectivity index (χ1) is 11.2. The zero-order valence-corrected chi connectivity index (χ0v) is 13.7. The van der Waals surface area contributed by atoms with Gasteiger partial charge in [-0.1, -0.05) is 18.2 Å². The predicted octanol–water partition coefficient (Wildman–Crippen LogP) is 2.89. The number of esters is 1. The lowest BCUT2D eigenvalue weighted by atomic mass is 10.1. The zero-order chi connectivity index (χ0) is 16.2. The lowest BCUT2D eigenvalue weighted by Crippen LogP contribution is -2.22. The van der Waals surface area contributed by atoms with E-state index in [2.05, 4.69) is 34.3 Å². The van der Waals surface area contributed by atoms with Crippen LogP contribution < -0.4 is 4.90 Å². The van der Waals surface area contributed by atoms with Crippen molar-refractivity contribution in [1.82, 2.24) is 9.78 Å². The van der Waals surface area contributed by atoms with Crippen LogP contribution in [0, 0.1) is 12.8 Å². The number of carbonyl (C=O) groups excluding carboxylic acids is 1. The highest BCUT2D eigenvalue weighted by Crippen LogP contribution is 2.23. The summed E-state index contributed by atoms with van der Waals surface area (Å²) in [7, 11) is 0. The summed E-state index contributed by atoms with van der Waals surface area (Å²) < 4.78 is 7.22. The number of carbonyl (C=O) groups is 1. The smallest absolute Gasteiger partial charge is 0.356 e. The molecule has 1 aromatic carbocycles. The maximum atomic E-state index is 12.2. The molecule has 0 bridgehead atoms. The molecule has 5 nitrogen and oxygen atoms in total. The number of benzene rings is 1. The first-order valence-electron chi connectivity index (χ1n) is 8.19. The third-order valence-electron chi connectivity index (χ3n) is 4.27. The Labute approximate surface area is 136 Å². The molecule has 0 amide bonds. The lowest BCUT2D eigenvalue weighted by molar-refractivity contribution is 0.0437. The maximum absolute atomic E-state index is 12.2. The van der Waals surface area contributed by atoms with Crippen LogP contribution in [0.15, 0.2) is 36.4 Å². The Bertz CT molecular complexity index is 666. The Morgan fingerprint density at radius 3 is 2.87 bits per heavy atom. The second-order valence-electron chi connectivity index (χ2n) is 6.02. The second-order valence-corrected chi connectivity index (χ2v) is 6.02. The number of para-hydroxylation sites is 1. The number of aryl methyl sites for hydroxylation is 2. The van der Waals surface area contributed by atoms with Crippen LogP contribution in [-0.2, 0) is 11.3 Å². The largest absolute Gasteiger partial charge is 0.461 e. The number of nitrogens with zero attached hydrogens (tertiary/aromatic N) is 3. The van der Waals surface area contributed by atoms with Gasteiger partial charge in [0.15, 0.2) is 0 Å². The molecule has 0 radical (unpaired) electrons. The van der Waals surface area contributed by atoms with E-state index < -0.39 is 0 Å². The standard InChI is InChI=1S/C18H23N3O2/c1-3-21-17(11-14(2)19-21)18(22)23-13-15-9-10-20(12-15)16-7-5-4-6-8-16/h4-8,11,15H,3,9-10,12-13H2,1-2H3. The molecule has 1 saturated heterocycles. The highest BCUT2D eigenvalue weighted by Gasteiger charge is 2.24. The minimum Gasteiger partial charge on any atom is -0.461 e. The number of hydrogen-bond acceptors (Lipinski definition) is 4. The summed E-state index contributed by atoms with van der Waals surface area (Å²) >= 11 is 0. The van der Waals surface area contributed by atoms with E-state index in [1.807, 2.05) is 19.9 Å².